The number of anilines is 1. The largest absolute Gasteiger partial charge is 1.00 e. The molecule has 2 rings (SSSR count). The van der Waals surface area contributed by atoms with Crippen LogP contribution in [-0.4, -0.2) is 25.1 Å². The summed E-state index contributed by atoms with van der Waals surface area (Å²) in [5.41, 5.74) is -0.231. The second-order valence-corrected chi connectivity index (χ2v) is 4.00. The van der Waals surface area contributed by atoms with E-state index in [1.807, 2.05) is 0 Å². The minimum atomic E-state index is -5.22. The van der Waals surface area contributed by atoms with Crippen molar-refractivity contribution in [3.8, 4) is 0 Å². The Morgan fingerprint density at radius 2 is 1.83 bits per heavy atom. The molecule has 0 aliphatic carbocycles. The number of nitrogens with zero attached hydrogens (tertiary/aromatic N) is 1. The van der Waals surface area contributed by atoms with Gasteiger partial charge in [-0.3, -0.25) is 9.59 Å². The molecular weight excluding hydrogens is 296 g/mol. The molecule has 0 aromatic heterocycles. The molecular formula is C9H5BClF3KNO2. The zero-order valence-electron chi connectivity index (χ0n) is 9.29. The van der Waals surface area contributed by atoms with Crippen molar-refractivity contribution in [1.82, 2.24) is 0 Å². The molecule has 1 amide bonds. The van der Waals surface area contributed by atoms with E-state index in [4.69, 9.17) is 11.6 Å². The number of carbonyl (C=O) groups excluding carboxylic acids is 2. The van der Waals surface area contributed by atoms with E-state index in [1.165, 1.54) is 18.2 Å². The van der Waals surface area contributed by atoms with E-state index in [2.05, 4.69) is 0 Å². The first-order chi connectivity index (χ1) is 7.81. The van der Waals surface area contributed by atoms with E-state index in [-0.39, 0.29) is 67.7 Å². The monoisotopic (exact) mass is 301 g/mol. The zero-order valence-corrected chi connectivity index (χ0v) is 13.2. The Morgan fingerprint density at radius 1 is 1.22 bits per heavy atom. The van der Waals surface area contributed by atoms with Crippen LogP contribution in [0.1, 0.15) is 10.4 Å². The molecule has 18 heavy (non-hydrogen) atoms. The van der Waals surface area contributed by atoms with Crippen LogP contribution >= 0.6 is 11.6 Å². The maximum absolute atomic E-state index is 12.3. The van der Waals surface area contributed by atoms with Gasteiger partial charge in [-0.05, 0) is 18.6 Å². The number of hydrogen-bond donors (Lipinski definition) is 0. The SMILES string of the molecule is O=C1C(=O)N(C[B-](F)(F)F)c2c(Cl)cccc21.[K+]. The van der Waals surface area contributed by atoms with Crippen molar-refractivity contribution in [3.05, 3.63) is 28.8 Å². The Hall–Kier alpha value is 0.141. The minimum Gasteiger partial charge on any atom is -0.448 e. The van der Waals surface area contributed by atoms with Crippen molar-refractivity contribution >= 4 is 36.0 Å². The number of para-hydroxylation sites is 1. The summed E-state index contributed by atoms with van der Waals surface area (Å²) in [7, 11) is 0. The zero-order chi connectivity index (χ0) is 12.8. The Balaban J connectivity index is 0.00000162. The molecule has 0 fully saturated rings. The first-order valence-electron chi connectivity index (χ1n) is 4.67. The molecule has 0 spiro atoms. The molecule has 90 valence electrons. The Labute approximate surface area is 148 Å². The van der Waals surface area contributed by atoms with Crippen LogP contribution in [0.2, 0.25) is 5.02 Å². The summed E-state index contributed by atoms with van der Waals surface area (Å²) in [6.45, 7) is -5.22. The summed E-state index contributed by atoms with van der Waals surface area (Å²) in [5, 5.41) is -0.0400. The summed E-state index contributed by atoms with van der Waals surface area (Å²) in [6, 6.07) is 4.03. The predicted molar refractivity (Wildman–Crippen MR) is 57.2 cm³/mol. The number of carbonyl (C=O) groups is 2. The molecule has 0 bridgehead atoms. The third kappa shape index (κ3) is 3.00. The standard InChI is InChI=1S/C9H5BClF3NO2.K/c11-6-3-1-2-5-7(6)15(4-10(12,13)14)9(17)8(5)16;/h1-3H,4H2;/q-1;+1. The average molecular weight is 302 g/mol. The van der Waals surface area contributed by atoms with E-state index in [0.717, 1.165) is 0 Å². The third-order valence-electron chi connectivity index (χ3n) is 2.33. The molecule has 1 aromatic rings. The number of fused-ring (bicyclic) bond motifs is 1. The van der Waals surface area contributed by atoms with Gasteiger partial charge in [0.25, 0.3) is 11.7 Å². The number of amides is 1. The first kappa shape index (κ1) is 16.2. The summed E-state index contributed by atoms with van der Waals surface area (Å²) in [5.74, 6) is -2.14. The van der Waals surface area contributed by atoms with Crippen LogP contribution in [-0.2, 0) is 4.79 Å². The van der Waals surface area contributed by atoms with Gasteiger partial charge in [0, 0.05) is 0 Å². The fraction of sp³-hybridized carbons (Fsp3) is 0.111. The number of halogens is 4. The summed E-state index contributed by atoms with van der Waals surface area (Å²) < 4.78 is 37.0. The van der Waals surface area contributed by atoms with Crippen molar-refractivity contribution in [3.63, 3.8) is 0 Å². The number of benzene rings is 1. The molecule has 0 saturated heterocycles. The normalized spacial score (nSPS) is 14.6. The molecule has 1 heterocycles. The number of rotatable bonds is 2. The number of ketones is 1. The Morgan fingerprint density at radius 3 is 2.39 bits per heavy atom. The third-order valence-corrected chi connectivity index (χ3v) is 2.64. The quantitative estimate of drug-likeness (QED) is 0.533. The van der Waals surface area contributed by atoms with Crippen LogP contribution < -0.4 is 56.3 Å². The van der Waals surface area contributed by atoms with Gasteiger partial charge in [-0.1, -0.05) is 17.7 Å². The first-order valence-corrected chi connectivity index (χ1v) is 5.05. The Bertz CT molecular complexity index is 523. The summed E-state index contributed by atoms with van der Waals surface area (Å²) in [6.07, 6.45) is -1.46. The molecule has 0 atom stereocenters. The predicted octanol–water partition coefficient (Wildman–Crippen LogP) is -0.740. The van der Waals surface area contributed by atoms with Gasteiger partial charge in [-0.25, -0.2) is 0 Å². The second-order valence-electron chi connectivity index (χ2n) is 3.59. The maximum atomic E-state index is 12.3. The van der Waals surface area contributed by atoms with Crippen molar-refractivity contribution in [1.29, 1.82) is 0 Å². The molecule has 0 unspecified atom stereocenters. The van der Waals surface area contributed by atoms with E-state index in [0.29, 0.717) is 4.90 Å². The van der Waals surface area contributed by atoms with Crippen molar-refractivity contribution in [2.75, 3.05) is 11.3 Å². The van der Waals surface area contributed by atoms with Gasteiger partial charge in [0.15, 0.2) is 0 Å². The van der Waals surface area contributed by atoms with Gasteiger partial charge >= 0.3 is 58.4 Å². The molecule has 3 nitrogen and oxygen atoms in total. The van der Waals surface area contributed by atoms with Gasteiger partial charge in [0.2, 0.25) is 0 Å². The molecule has 0 radical (unpaired) electrons. The van der Waals surface area contributed by atoms with E-state index in [9.17, 15) is 22.5 Å². The average Bonchev–Trinajstić information content (AvgIpc) is 2.43. The number of Topliss-reactive ketones (excluding diaryl/α,β-unsaturated/α-hetero) is 1. The molecule has 0 N–H and O–H groups in total. The molecule has 0 saturated carbocycles. The van der Waals surface area contributed by atoms with Crippen LogP contribution in [0.25, 0.3) is 0 Å². The van der Waals surface area contributed by atoms with E-state index >= 15 is 0 Å². The van der Waals surface area contributed by atoms with Crippen molar-refractivity contribution in [2.45, 2.75) is 0 Å². The fourth-order valence-electron chi connectivity index (χ4n) is 1.69. The van der Waals surface area contributed by atoms with Crippen molar-refractivity contribution in [2.24, 2.45) is 0 Å². The Kier molecular flexibility index (Phi) is 5.07. The molecule has 9 heteroatoms. The summed E-state index contributed by atoms with van der Waals surface area (Å²) in [4.78, 5) is 23.2. The molecule has 1 aliphatic rings. The fourth-order valence-corrected chi connectivity index (χ4v) is 1.97. The smallest absolute Gasteiger partial charge is 0.448 e. The minimum absolute atomic E-state index is 0. The van der Waals surface area contributed by atoms with Crippen LogP contribution in [0.15, 0.2) is 18.2 Å². The topological polar surface area (TPSA) is 37.4 Å². The van der Waals surface area contributed by atoms with Gasteiger partial charge in [0.1, 0.15) is 0 Å². The number of hydrogen-bond acceptors (Lipinski definition) is 2. The van der Waals surface area contributed by atoms with E-state index < -0.39 is 25.1 Å². The van der Waals surface area contributed by atoms with Gasteiger partial charge in [-0.2, -0.15) is 0 Å². The van der Waals surface area contributed by atoms with Crippen molar-refractivity contribution < 1.29 is 73.9 Å². The van der Waals surface area contributed by atoms with Crippen LogP contribution in [0.3, 0.4) is 0 Å². The second kappa shape index (κ2) is 5.64. The van der Waals surface area contributed by atoms with E-state index in [1.54, 1.807) is 0 Å². The van der Waals surface area contributed by atoms with Gasteiger partial charge < -0.3 is 17.8 Å². The van der Waals surface area contributed by atoms with Crippen LogP contribution in [0.4, 0.5) is 18.6 Å². The summed E-state index contributed by atoms with van der Waals surface area (Å²) >= 11 is 5.72. The van der Waals surface area contributed by atoms with Crippen LogP contribution in [0, 0.1) is 0 Å². The van der Waals surface area contributed by atoms with Gasteiger partial charge in [-0.15, -0.1) is 0 Å². The van der Waals surface area contributed by atoms with Gasteiger partial charge in [0.05, 0.1) is 16.3 Å². The molecule has 1 aliphatic heterocycles. The maximum Gasteiger partial charge on any atom is 1.00 e. The molecule has 1 aromatic carbocycles. The van der Waals surface area contributed by atoms with Crippen LogP contribution in [0.5, 0.6) is 0 Å².